The van der Waals surface area contributed by atoms with Crippen molar-refractivity contribution in [2.24, 2.45) is 0 Å². The van der Waals surface area contributed by atoms with Gasteiger partial charge in [0.25, 0.3) is 11.8 Å². The molecule has 1 fully saturated rings. The number of aryl methyl sites for hydroxylation is 2. The normalized spacial score (nSPS) is 13.9. The number of amides is 2. The Kier molecular flexibility index (Phi) is 4.21. The van der Waals surface area contributed by atoms with Gasteiger partial charge in [-0.25, -0.2) is 0 Å². The lowest BCUT2D eigenvalue weighted by molar-refractivity contribution is 0.0951. The number of nitrogens with zero attached hydrogens (tertiary/aromatic N) is 1. The first-order valence-corrected chi connectivity index (χ1v) is 8.49. The second kappa shape index (κ2) is 6.16. The SMILES string of the molecule is CCc1c(C)sc(NC(=O)c2cc(C)on2)c1C(=O)NC1CC1. The average molecular weight is 333 g/mol. The summed E-state index contributed by atoms with van der Waals surface area (Å²) < 4.78 is 4.93. The van der Waals surface area contributed by atoms with Crippen LogP contribution in [0.1, 0.15) is 56.8 Å². The van der Waals surface area contributed by atoms with E-state index in [1.807, 2.05) is 13.8 Å². The number of aromatic nitrogens is 1. The minimum Gasteiger partial charge on any atom is -0.361 e. The van der Waals surface area contributed by atoms with Crippen molar-refractivity contribution in [3.63, 3.8) is 0 Å². The number of carbonyl (C=O) groups excluding carboxylic acids is 2. The van der Waals surface area contributed by atoms with Crippen LogP contribution < -0.4 is 10.6 Å². The molecule has 6 nitrogen and oxygen atoms in total. The Balaban J connectivity index is 1.88. The maximum Gasteiger partial charge on any atom is 0.278 e. The van der Waals surface area contributed by atoms with Crippen LogP contribution in [0, 0.1) is 13.8 Å². The zero-order chi connectivity index (χ0) is 16.6. The third-order valence-corrected chi connectivity index (χ3v) is 4.85. The molecule has 2 N–H and O–H groups in total. The fourth-order valence-electron chi connectivity index (χ4n) is 2.46. The number of anilines is 1. The highest BCUT2D eigenvalue weighted by Crippen LogP contribution is 2.34. The van der Waals surface area contributed by atoms with E-state index in [-0.39, 0.29) is 23.6 Å². The first-order chi connectivity index (χ1) is 11.0. The third-order valence-electron chi connectivity index (χ3n) is 3.79. The number of thiophene rings is 1. The summed E-state index contributed by atoms with van der Waals surface area (Å²) in [5.41, 5.74) is 1.77. The summed E-state index contributed by atoms with van der Waals surface area (Å²) in [6.45, 7) is 5.70. The van der Waals surface area contributed by atoms with Gasteiger partial charge in [-0.2, -0.15) is 0 Å². The lowest BCUT2D eigenvalue weighted by Gasteiger charge is -2.08. The zero-order valence-electron chi connectivity index (χ0n) is 13.4. The minimum absolute atomic E-state index is 0.111. The molecule has 3 rings (SSSR count). The van der Waals surface area contributed by atoms with Crippen molar-refractivity contribution in [3.05, 3.63) is 33.5 Å². The minimum atomic E-state index is -0.369. The zero-order valence-corrected chi connectivity index (χ0v) is 14.2. The van der Waals surface area contributed by atoms with Gasteiger partial charge in [0.05, 0.1) is 5.56 Å². The van der Waals surface area contributed by atoms with Crippen LogP contribution in [0.25, 0.3) is 0 Å². The van der Waals surface area contributed by atoms with E-state index in [2.05, 4.69) is 15.8 Å². The van der Waals surface area contributed by atoms with Crippen LogP contribution in [-0.2, 0) is 6.42 Å². The van der Waals surface area contributed by atoms with Gasteiger partial charge in [-0.05, 0) is 38.7 Å². The van der Waals surface area contributed by atoms with Gasteiger partial charge in [0, 0.05) is 17.0 Å². The van der Waals surface area contributed by atoms with E-state index < -0.39 is 0 Å². The molecule has 2 aromatic rings. The summed E-state index contributed by atoms with van der Waals surface area (Å²) >= 11 is 1.42. The second-order valence-corrected chi connectivity index (χ2v) is 6.94. The molecule has 122 valence electrons. The van der Waals surface area contributed by atoms with Gasteiger partial charge in [-0.1, -0.05) is 12.1 Å². The molecule has 1 saturated carbocycles. The highest BCUT2D eigenvalue weighted by Gasteiger charge is 2.28. The quantitative estimate of drug-likeness (QED) is 0.881. The first-order valence-electron chi connectivity index (χ1n) is 7.67. The largest absolute Gasteiger partial charge is 0.361 e. The molecule has 1 aliphatic carbocycles. The summed E-state index contributed by atoms with van der Waals surface area (Å²) in [5, 5.41) is 10.1. The molecule has 7 heteroatoms. The van der Waals surface area contributed by atoms with E-state index >= 15 is 0 Å². The molecule has 0 aliphatic heterocycles. The Morgan fingerprint density at radius 2 is 2.09 bits per heavy atom. The van der Waals surface area contributed by atoms with Gasteiger partial charge < -0.3 is 15.2 Å². The van der Waals surface area contributed by atoms with E-state index in [1.54, 1.807) is 13.0 Å². The predicted molar refractivity (Wildman–Crippen MR) is 88.1 cm³/mol. The van der Waals surface area contributed by atoms with Gasteiger partial charge in [-0.3, -0.25) is 9.59 Å². The van der Waals surface area contributed by atoms with Gasteiger partial charge in [0.15, 0.2) is 5.69 Å². The Hall–Kier alpha value is -2.15. The summed E-state index contributed by atoms with van der Waals surface area (Å²) in [6, 6.07) is 1.84. The molecule has 0 aromatic carbocycles. The van der Waals surface area contributed by atoms with Crippen LogP contribution in [0.3, 0.4) is 0 Å². The molecule has 0 bridgehead atoms. The Bertz CT molecular complexity index is 759. The van der Waals surface area contributed by atoms with Gasteiger partial charge in [-0.15, -0.1) is 11.3 Å². The van der Waals surface area contributed by atoms with E-state index in [9.17, 15) is 9.59 Å². The molecule has 2 heterocycles. The van der Waals surface area contributed by atoms with Crippen LogP contribution in [0.15, 0.2) is 10.6 Å². The van der Waals surface area contributed by atoms with E-state index in [0.717, 1.165) is 29.7 Å². The van der Waals surface area contributed by atoms with Crippen molar-refractivity contribution in [1.29, 1.82) is 0 Å². The number of hydrogen-bond acceptors (Lipinski definition) is 5. The van der Waals surface area contributed by atoms with Crippen LogP contribution in [0.4, 0.5) is 5.00 Å². The smallest absolute Gasteiger partial charge is 0.278 e. The van der Waals surface area contributed by atoms with Crippen molar-refractivity contribution in [2.75, 3.05) is 5.32 Å². The standard InChI is InChI=1S/C16H19N3O3S/c1-4-11-9(3)23-16(13(11)15(21)17-10-5-6-10)18-14(20)12-7-8(2)22-19-12/h7,10H,4-6H2,1-3H3,(H,17,21)(H,18,20). The topological polar surface area (TPSA) is 84.2 Å². The number of rotatable bonds is 5. The van der Waals surface area contributed by atoms with Crippen LogP contribution >= 0.6 is 11.3 Å². The van der Waals surface area contributed by atoms with Crippen LogP contribution in [0.5, 0.6) is 0 Å². The van der Waals surface area contributed by atoms with E-state index in [0.29, 0.717) is 16.3 Å². The number of nitrogens with one attached hydrogen (secondary N) is 2. The molecule has 2 aromatic heterocycles. The highest BCUT2D eigenvalue weighted by atomic mass is 32.1. The monoisotopic (exact) mass is 333 g/mol. The highest BCUT2D eigenvalue weighted by molar-refractivity contribution is 7.16. The molecule has 0 radical (unpaired) electrons. The van der Waals surface area contributed by atoms with Crippen molar-refractivity contribution in [1.82, 2.24) is 10.5 Å². The lowest BCUT2D eigenvalue weighted by atomic mass is 10.1. The Morgan fingerprint density at radius 3 is 2.65 bits per heavy atom. The molecule has 1 aliphatic rings. The molecular weight excluding hydrogens is 314 g/mol. The van der Waals surface area contributed by atoms with Gasteiger partial charge in [0.1, 0.15) is 10.8 Å². The van der Waals surface area contributed by atoms with Crippen molar-refractivity contribution >= 4 is 28.2 Å². The summed E-state index contributed by atoms with van der Waals surface area (Å²) in [5.74, 6) is 0.0880. The van der Waals surface area contributed by atoms with Crippen molar-refractivity contribution in [2.45, 2.75) is 46.1 Å². The number of carbonyl (C=O) groups is 2. The van der Waals surface area contributed by atoms with E-state index in [4.69, 9.17) is 4.52 Å². The van der Waals surface area contributed by atoms with Crippen molar-refractivity contribution in [3.8, 4) is 0 Å². The fourth-order valence-corrected chi connectivity index (χ4v) is 3.60. The molecule has 0 atom stereocenters. The Labute approximate surface area is 138 Å². The average Bonchev–Trinajstić information content (AvgIpc) is 3.10. The Morgan fingerprint density at radius 1 is 1.35 bits per heavy atom. The van der Waals surface area contributed by atoms with Gasteiger partial charge in [0.2, 0.25) is 0 Å². The fraction of sp³-hybridized carbons (Fsp3) is 0.438. The second-order valence-electron chi connectivity index (χ2n) is 5.72. The maximum atomic E-state index is 12.5. The molecule has 0 unspecified atom stereocenters. The summed E-state index contributed by atoms with van der Waals surface area (Å²) in [4.78, 5) is 25.9. The molecule has 0 spiro atoms. The summed E-state index contributed by atoms with van der Waals surface area (Å²) in [6.07, 6.45) is 2.79. The van der Waals surface area contributed by atoms with E-state index in [1.165, 1.54) is 11.3 Å². The van der Waals surface area contributed by atoms with Crippen LogP contribution in [0.2, 0.25) is 0 Å². The molecule has 0 saturated heterocycles. The third kappa shape index (κ3) is 3.29. The molecular formula is C16H19N3O3S. The van der Waals surface area contributed by atoms with Crippen molar-refractivity contribution < 1.29 is 14.1 Å². The predicted octanol–water partition coefficient (Wildman–Crippen LogP) is 3.06. The lowest BCUT2D eigenvalue weighted by Crippen LogP contribution is -2.27. The van der Waals surface area contributed by atoms with Crippen LogP contribution in [-0.4, -0.2) is 23.0 Å². The first kappa shape index (κ1) is 15.7. The molecule has 23 heavy (non-hydrogen) atoms. The molecule has 2 amide bonds. The van der Waals surface area contributed by atoms with Gasteiger partial charge >= 0.3 is 0 Å². The maximum absolute atomic E-state index is 12.5. The number of hydrogen-bond donors (Lipinski definition) is 2. The summed E-state index contributed by atoms with van der Waals surface area (Å²) in [7, 11) is 0.